The number of carboxylic acid groups (broad SMARTS) is 1. The van der Waals surface area contributed by atoms with E-state index < -0.39 is 11.9 Å². The van der Waals surface area contributed by atoms with Gasteiger partial charge in [0.15, 0.2) is 0 Å². The average Bonchev–Trinajstić information content (AvgIpc) is 2.49. The zero-order valence-corrected chi connectivity index (χ0v) is 11.8. The van der Waals surface area contributed by atoms with Gasteiger partial charge < -0.3 is 15.2 Å². The van der Waals surface area contributed by atoms with E-state index in [0.717, 1.165) is 0 Å². The van der Waals surface area contributed by atoms with Crippen molar-refractivity contribution in [1.82, 2.24) is 0 Å². The van der Waals surface area contributed by atoms with E-state index in [9.17, 15) is 9.59 Å². The molecule has 0 radical (unpaired) electrons. The monoisotopic (exact) mass is 305 g/mol. The molecule has 0 atom stereocenters. The van der Waals surface area contributed by atoms with Gasteiger partial charge in [0.2, 0.25) is 0 Å². The lowest BCUT2D eigenvalue weighted by Crippen LogP contribution is -2.12. The van der Waals surface area contributed by atoms with Crippen molar-refractivity contribution in [3.05, 3.63) is 58.6 Å². The predicted molar refractivity (Wildman–Crippen MR) is 79.4 cm³/mol. The van der Waals surface area contributed by atoms with Crippen LogP contribution in [0, 0.1) is 0 Å². The van der Waals surface area contributed by atoms with Crippen LogP contribution in [-0.2, 0) is 0 Å². The maximum Gasteiger partial charge on any atom is 0.335 e. The van der Waals surface area contributed by atoms with E-state index in [1.165, 1.54) is 31.4 Å². The third-order valence-electron chi connectivity index (χ3n) is 2.78. The van der Waals surface area contributed by atoms with Gasteiger partial charge in [-0.05, 0) is 30.3 Å². The highest BCUT2D eigenvalue weighted by Crippen LogP contribution is 2.27. The van der Waals surface area contributed by atoms with E-state index in [4.69, 9.17) is 21.4 Å². The minimum atomic E-state index is -1.09. The number of methoxy groups -OCH3 is 1. The molecule has 0 aliphatic heterocycles. The van der Waals surface area contributed by atoms with Crippen LogP contribution in [0.1, 0.15) is 20.7 Å². The van der Waals surface area contributed by atoms with E-state index in [2.05, 4.69) is 5.32 Å². The molecule has 2 aromatic carbocycles. The molecule has 0 aromatic heterocycles. The summed E-state index contributed by atoms with van der Waals surface area (Å²) in [6.07, 6.45) is 0. The van der Waals surface area contributed by atoms with Crippen molar-refractivity contribution in [3.8, 4) is 5.75 Å². The van der Waals surface area contributed by atoms with Crippen molar-refractivity contribution in [1.29, 1.82) is 0 Å². The van der Waals surface area contributed by atoms with Gasteiger partial charge in [-0.3, -0.25) is 4.79 Å². The van der Waals surface area contributed by atoms with Gasteiger partial charge in [-0.25, -0.2) is 4.79 Å². The number of aromatic carboxylic acids is 1. The summed E-state index contributed by atoms with van der Waals surface area (Å²) in [7, 11) is 1.48. The largest absolute Gasteiger partial charge is 0.495 e. The van der Waals surface area contributed by atoms with Gasteiger partial charge in [0.05, 0.1) is 17.7 Å². The molecule has 2 aromatic rings. The van der Waals surface area contributed by atoms with E-state index in [1.54, 1.807) is 18.2 Å². The number of amides is 1. The average molecular weight is 306 g/mol. The van der Waals surface area contributed by atoms with Crippen molar-refractivity contribution in [2.45, 2.75) is 0 Å². The maximum atomic E-state index is 12.1. The Morgan fingerprint density at radius 2 is 1.86 bits per heavy atom. The summed E-state index contributed by atoms with van der Waals surface area (Å²) in [4.78, 5) is 23.0. The zero-order chi connectivity index (χ0) is 15.4. The fourth-order valence-electron chi connectivity index (χ4n) is 1.73. The van der Waals surface area contributed by atoms with E-state index in [1.807, 2.05) is 0 Å². The van der Waals surface area contributed by atoms with Crippen molar-refractivity contribution in [2.24, 2.45) is 0 Å². The first kappa shape index (κ1) is 14.9. The summed E-state index contributed by atoms with van der Waals surface area (Å²) in [5.41, 5.74) is 0.808. The topological polar surface area (TPSA) is 75.6 Å². The summed E-state index contributed by atoms with van der Waals surface area (Å²) in [6, 6.07) is 10.6. The number of anilines is 1. The molecule has 0 aliphatic carbocycles. The Labute approximate surface area is 126 Å². The van der Waals surface area contributed by atoms with Gasteiger partial charge in [-0.2, -0.15) is 0 Å². The summed E-state index contributed by atoms with van der Waals surface area (Å²) >= 11 is 5.90. The van der Waals surface area contributed by atoms with E-state index in [0.29, 0.717) is 16.5 Å². The van der Waals surface area contributed by atoms with Gasteiger partial charge in [0.25, 0.3) is 5.91 Å². The molecule has 0 bridgehead atoms. The standard InChI is InChI=1S/C15H12ClNO4/c1-21-13-8-11(5-6-12(13)16)17-14(18)9-3-2-4-10(7-9)15(19)20/h2-8H,1H3,(H,17,18)(H,19,20). The summed E-state index contributed by atoms with van der Waals surface area (Å²) in [5.74, 6) is -1.06. The molecule has 0 fully saturated rings. The Bertz CT molecular complexity index is 700. The fourth-order valence-corrected chi connectivity index (χ4v) is 1.93. The molecule has 1 amide bonds. The molecule has 21 heavy (non-hydrogen) atoms. The van der Waals surface area contributed by atoms with Crippen LogP contribution < -0.4 is 10.1 Å². The van der Waals surface area contributed by atoms with Crippen molar-refractivity contribution >= 4 is 29.2 Å². The van der Waals surface area contributed by atoms with Gasteiger partial charge in [0, 0.05) is 17.3 Å². The summed E-state index contributed by atoms with van der Waals surface area (Å²) < 4.78 is 5.06. The Balaban J connectivity index is 2.22. The van der Waals surface area contributed by atoms with Crippen LogP contribution in [0.4, 0.5) is 5.69 Å². The first-order valence-corrected chi connectivity index (χ1v) is 6.37. The zero-order valence-electron chi connectivity index (χ0n) is 11.1. The number of hydrogen-bond donors (Lipinski definition) is 2. The smallest absolute Gasteiger partial charge is 0.335 e. The summed E-state index contributed by atoms with van der Waals surface area (Å²) in [5, 5.41) is 12.0. The number of rotatable bonds is 4. The normalized spacial score (nSPS) is 10.0. The molecule has 0 spiro atoms. The molecule has 6 heteroatoms. The van der Waals surface area contributed by atoms with Crippen molar-refractivity contribution < 1.29 is 19.4 Å². The van der Waals surface area contributed by atoms with Gasteiger partial charge in [-0.1, -0.05) is 17.7 Å². The Morgan fingerprint density at radius 3 is 2.52 bits per heavy atom. The molecular weight excluding hydrogens is 294 g/mol. The molecule has 0 saturated carbocycles. The number of hydrogen-bond acceptors (Lipinski definition) is 3. The highest BCUT2D eigenvalue weighted by molar-refractivity contribution is 6.32. The highest BCUT2D eigenvalue weighted by atomic mass is 35.5. The third-order valence-corrected chi connectivity index (χ3v) is 3.09. The van der Waals surface area contributed by atoms with Gasteiger partial charge in [0.1, 0.15) is 5.75 Å². The minimum Gasteiger partial charge on any atom is -0.495 e. The van der Waals surface area contributed by atoms with Crippen LogP contribution in [0.3, 0.4) is 0 Å². The molecule has 2 rings (SSSR count). The first-order valence-electron chi connectivity index (χ1n) is 5.99. The SMILES string of the molecule is COc1cc(NC(=O)c2cccc(C(=O)O)c2)ccc1Cl. The van der Waals surface area contributed by atoms with Crippen LogP contribution in [0.25, 0.3) is 0 Å². The van der Waals surface area contributed by atoms with Crippen LogP contribution in [0.2, 0.25) is 5.02 Å². The number of carbonyl (C=O) groups is 2. The quantitative estimate of drug-likeness (QED) is 0.908. The molecule has 0 saturated heterocycles. The number of halogens is 1. The lowest BCUT2D eigenvalue weighted by molar-refractivity contribution is 0.0697. The van der Waals surface area contributed by atoms with Crippen LogP contribution in [-0.4, -0.2) is 24.1 Å². The molecule has 108 valence electrons. The molecule has 5 nitrogen and oxygen atoms in total. The molecule has 2 N–H and O–H groups in total. The Hall–Kier alpha value is -2.53. The van der Waals surface area contributed by atoms with Crippen LogP contribution >= 0.6 is 11.6 Å². The number of carboxylic acids is 1. The minimum absolute atomic E-state index is 0.0522. The third kappa shape index (κ3) is 3.52. The van der Waals surface area contributed by atoms with Crippen LogP contribution in [0.5, 0.6) is 5.75 Å². The second-order valence-electron chi connectivity index (χ2n) is 4.19. The molecule has 0 aliphatic rings. The van der Waals surface area contributed by atoms with E-state index in [-0.39, 0.29) is 11.1 Å². The number of nitrogens with one attached hydrogen (secondary N) is 1. The number of benzene rings is 2. The molecular formula is C15H12ClNO4. The number of ether oxygens (including phenoxy) is 1. The fraction of sp³-hybridized carbons (Fsp3) is 0.0667. The van der Waals surface area contributed by atoms with Crippen molar-refractivity contribution in [3.63, 3.8) is 0 Å². The van der Waals surface area contributed by atoms with Crippen molar-refractivity contribution in [2.75, 3.05) is 12.4 Å². The molecule has 0 heterocycles. The Kier molecular flexibility index (Phi) is 4.45. The summed E-state index contributed by atoms with van der Waals surface area (Å²) in [6.45, 7) is 0. The highest BCUT2D eigenvalue weighted by Gasteiger charge is 2.11. The second-order valence-corrected chi connectivity index (χ2v) is 4.60. The van der Waals surface area contributed by atoms with Gasteiger partial charge in [-0.15, -0.1) is 0 Å². The first-order chi connectivity index (χ1) is 10.0. The second kappa shape index (κ2) is 6.28. The van der Waals surface area contributed by atoms with E-state index >= 15 is 0 Å². The maximum absolute atomic E-state index is 12.1. The van der Waals surface area contributed by atoms with Crippen LogP contribution in [0.15, 0.2) is 42.5 Å². The predicted octanol–water partition coefficient (Wildman–Crippen LogP) is 3.30. The Morgan fingerprint density at radius 1 is 1.14 bits per heavy atom. The molecule has 0 unspecified atom stereocenters. The lowest BCUT2D eigenvalue weighted by Gasteiger charge is -2.08. The number of carbonyl (C=O) groups excluding carboxylic acids is 1. The van der Waals surface area contributed by atoms with Gasteiger partial charge >= 0.3 is 5.97 Å². The lowest BCUT2D eigenvalue weighted by atomic mass is 10.1.